The molecule has 0 spiro atoms. The molecular formula is C13H15BrN4O. The Morgan fingerprint density at radius 3 is 3.00 bits per heavy atom. The van der Waals surface area contributed by atoms with Crippen LogP contribution < -0.4 is 11.1 Å². The monoisotopic (exact) mass is 322 g/mol. The number of amides is 1. The second-order valence-electron chi connectivity index (χ2n) is 4.25. The lowest BCUT2D eigenvalue weighted by Crippen LogP contribution is -2.27. The molecule has 19 heavy (non-hydrogen) atoms. The van der Waals surface area contributed by atoms with E-state index in [1.807, 2.05) is 25.1 Å². The van der Waals surface area contributed by atoms with E-state index in [4.69, 9.17) is 5.73 Å². The van der Waals surface area contributed by atoms with Crippen LogP contribution in [0.2, 0.25) is 0 Å². The molecule has 0 aliphatic heterocycles. The van der Waals surface area contributed by atoms with Gasteiger partial charge in [0.1, 0.15) is 0 Å². The van der Waals surface area contributed by atoms with Gasteiger partial charge >= 0.3 is 0 Å². The quantitative estimate of drug-likeness (QED) is 0.903. The molecule has 0 fully saturated rings. The molecule has 1 heterocycles. The summed E-state index contributed by atoms with van der Waals surface area (Å²) in [6.45, 7) is 3.01. The van der Waals surface area contributed by atoms with Crippen molar-refractivity contribution in [3.05, 3.63) is 46.2 Å². The number of anilines is 1. The number of carbonyl (C=O) groups excluding carboxylic acids is 1. The molecule has 0 aliphatic rings. The summed E-state index contributed by atoms with van der Waals surface area (Å²) >= 11 is 3.36. The van der Waals surface area contributed by atoms with Crippen LogP contribution >= 0.6 is 15.9 Å². The fraction of sp³-hybridized carbons (Fsp3) is 0.231. The maximum Gasteiger partial charge on any atom is 0.251 e. The Balaban J connectivity index is 1.92. The molecule has 0 bridgehead atoms. The number of halogens is 1. The molecule has 0 saturated carbocycles. The number of aromatic nitrogens is 2. The van der Waals surface area contributed by atoms with Crippen LogP contribution in [0.1, 0.15) is 15.9 Å². The molecule has 6 heteroatoms. The minimum atomic E-state index is -0.0843. The van der Waals surface area contributed by atoms with Crippen LogP contribution in [0.4, 0.5) is 5.69 Å². The largest absolute Gasteiger partial charge is 0.396 e. The van der Waals surface area contributed by atoms with Gasteiger partial charge in [0.05, 0.1) is 18.4 Å². The first kappa shape index (κ1) is 13.6. The number of benzene rings is 1. The molecule has 1 aromatic heterocycles. The molecule has 1 aromatic carbocycles. The number of aryl methyl sites for hydroxylation is 1. The zero-order valence-electron chi connectivity index (χ0n) is 10.6. The summed E-state index contributed by atoms with van der Waals surface area (Å²) in [5.74, 6) is -0.0843. The Hall–Kier alpha value is -1.82. The van der Waals surface area contributed by atoms with Gasteiger partial charge < -0.3 is 11.1 Å². The number of nitrogen functional groups attached to an aromatic ring is 1. The van der Waals surface area contributed by atoms with Gasteiger partial charge in [0, 0.05) is 22.8 Å². The summed E-state index contributed by atoms with van der Waals surface area (Å²) < 4.78 is 2.59. The van der Waals surface area contributed by atoms with E-state index in [9.17, 15) is 4.79 Å². The van der Waals surface area contributed by atoms with Gasteiger partial charge in [-0.2, -0.15) is 5.10 Å². The number of hydrogen-bond donors (Lipinski definition) is 2. The lowest BCUT2D eigenvalue weighted by Gasteiger charge is -2.08. The first-order valence-corrected chi connectivity index (χ1v) is 6.68. The maximum atomic E-state index is 12.0. The van der Waals surface area contributed by atoms with Gasteiger partial charge in [0.2, 0.25) is 0 Å². The van der Waals surface area contributed by atoms with Crippen molar-refractivity contribution in [1.29, 1.82) is 0 Å². The Bertz CT molecular complexity index is 594. The van der Waals surface area contributed by atoms with Gasteiger partial charge in [-0.3, -0.25) is 9.48 Å². The summed E-state index contributed by atoms with van der Waals surface area (Å²) in [7, 11) is 0. The maximum absolute atomic E-state index is 12.0. The van der Waals surface area contributed by atoms with Gasteiger partial charge in [-0.05, 0) is 24.6 Å². The van der Waals surface area contributed by atoms with E-state index in [2.05, 4.69) is 26.3 Å². The molecule has 1 amide bonds. The smallest absolute Gasteiger partial charge is 0.251 e. The summed E-state index contributed by atoms with van der Waals surface area (Å²) in [6, 6.07) is 5.64. The zero-order valence-corrected chi connectivity index (χ0v) is 12.1. The first-order valence-electron chi connectivity index (χ1n) is 5.88. The standard InChI is InChI=1S/C13H15BrN4O/c1-9-2-3-10(14)6-12(9)13(19)16-4-5-18-8-11(15)7-17-18/h2-3,6-8H,4-5,15H2,1H3,(H,16,19). The Morgan fingerprint density at radius 2 is 2.32 bits per heavy atom. The van der Waals surface area contributed by atoms with Gasteiger partial charge in [-0.15, -0.1) is 0 Å². The van der Waals surface area contributed by atoms with E-state index in [1.165, 1.54) is 0 Å². The average Bonchev–Trinajstić information content (AvgIpc) is 2.78. The number of nitrogens with zero attached hydrogens (tertiary/aromatic N) is 2. The minimum absolute atomic E-state index is 0.0843. The Labute approximate surface area is 119 Å². The number of hydrogen-bond acceptors (Lipinski definition) is 3. The van der Waals surface area contributed by atoms with Crippen molar-refractivity contribution < 1.29 is 4.79 Å². The van der Waals surface area contributed by atoms with Crippen molar-refractivity contribution >= 4 is 27.5 Å². The molecule has 5 nitrogen and oxygen atoms in total. The van der Waals surface area contributed by atoms with Crippen molar-refractivity contribution in [2.45, 2.75) is 13.5 Å². The molecule has 3 N–H and O–H groups in total. The lowest BCUT2D eigenvalue weighted by molar-refractivity contribution is 0.0951. The highest BCUT2D eigenvalue weighted by Crippen LogP contribution is 2.15. The first-order chi connectivity index (χ1) is 9.06. The van der Waals surface area contributed by atoms with Crippen molar-refractivity contribution in [3.63, 3.8) is 0 Å². The van der Waals surface area contributed by atoms with Gasteiger partial charge in [-0.1, -0.05) is 22.0 Å². The second-order valence-corrected chi connectivity index (χ2v) is 5.17. The second kappa shape index (κ2) is 5.88. The van der Waals surface area contributed by atoms with Crippen LogP contribution in [-0.2, 0) is 6.54 Å². The summed E-state index contributed by atoms with van der Waals surface area (Å²) in [5.41, 5.74) is 7.80. The number of nitrogens with two attached hydrogens (primary N) is 1. The highest BCUT2D eigenvalue weighted by atomic mass is 79.9. The van der Waals surface area contributed by atoms with Crippen molar-refractivity contribution in [2.24, 2.45) is 0 Å². The van der Waals surface area contributed by atoms with E-state index in [1.54, 1.807) is 17.1 Å². The third-order valence-electron chi connectivity index (χ3n) is 2.72. The number of carbonyl (C=O) groups is 1. The third kappa shape index (κ3) is 3.57. The van der Waals surface area contributed by atoms with E-state index >= 15 is 0 Å². The summed E-state index contributed by atoms with van der Waals surface area (Å²) in [5, 5.41) is 6.91. The van der Waals surface area contributed by atoms with E-state index in [-0.39, 0.29) is 5.91 Å². The molecule has 0 atom stereocenters. The number of nitrogens with one attached hydrogen (secondary N) is 1. The molecular weight excluding hydrogens is 308 g/mol. The Kier molecular flexibility index (Phi) is 4.21. The zero-order chi connectivity index (χ0) is 13.8. The topological polar surface area (TPSA) is 72.9 Å². The summed E-state index contributed by atoms with van der Waals surface area (Å²) in [4.78, 5) is 12.0. The minimum Gasteiger partial charge on any atom is -0.396 e. The molecule has 0 radical (unpaired) electrons. The lowest BCUT2D eigenvalue weighted by atomic mass is 10.1. The van der Waals surface area contributed by atoms with Gasteiger partial charge in [-0.25, -0.2) is 0 Å². The molecule has 0 saturated heterocycles. The van der Waals surface area contributed by atoms with Gasteiger partial charge in [0.15, 0.2) is 0 Å². The Morgan fingerprint density at radius 1 is 1.53 bits per heavy atom. The normalized spacial score (nSPS) is 10.4. The number of rotatable bonds is 4. The molecule has 2 aromatic rings. The van der Waals surface area contributed by atoms with Gasteiger partial charge in [0.25, 0.3) is 5.91 Å². The molecule has 0 unspecified atom stereocenters. The highest BCUT2D eigenvalue weighted by molar-refractivity contribution is 9.10. The fourth-order valence-electron chi connectivity index (χ4n) is 1.72. The predicted octanol–water partition coefficient (Wildman–Crippen LogP) is 1.97. The molecule has 0 aliphatic carbocycles. The van der Waals surface area contributed by atoms with Crippen LogP contribution in [0.5, 0.6) is 0 Å². The van der Waals surface area contributed by atoms with E-state index < -0.39 is 0 Å². The SMILES string of the molecule is Cc1ccc(Br)cc1C(=O)NCCn1cc(N)cn1. The predicted molar refractivity (Wildman–Crippen MR) is 77.9 cm³/mol. The third-order valence-corrected chi connectivity index (χ3v) is 3.22. The summed E-state index contributed by atoms with van der Waals surface area (Å²) in [6.07, 6.45) is 3.32. The van der Waals surface area contributed by atoms with Crippen molar-refractivity contribution in [2.75, 3.05) is 12.3 Å². The average molecular weight is 323 g/mol. The molecule has 2 rings (SSSR count). The van der Waals surface area contributed by atoms with E-state index in [0.29, 0.717) is 24.3 Å². The van der Waals surface area contributed by atoms with Crippen LogP contribution in [0, 0.1) is 6.92 Å². The van der Waals surface area contributed by atoms with Crippen LogP contribution in [0.25, 0.3) is 0 Å². The van der Waals surface area contributed by atoms with E-state index in [0.717, 1.165) is 10.0 Å². The highest BCUT2D eigenvalue weighted by Gasteiger charge is 2.08. The molecule has 100 valence electrons. The van der Waals surface area contributed by atoms with Crippen molar-refractivity contribution in [1.82, 2.24) is 15.1 Å². The van der Waals surface area contributed by atoms with Crippen LogP contribution in [-0.4, -0.2) is 22.2 Å². The fourth-order valence-corrected chi connectivity index (χ4v) is 2.08. The van der Waals surface area contributed by atoms with Crippen LogP contribution in [0.15, 0.2) is 35.1 Å². The van der Waals surface area contributed by atoms with Crippen LogP contribution in [0.3, 0.4) is 0 Å². The van der Waals surface area contributed by atoms with Crippen molar-refractivity contribution in [3.8, 4) is 0 Å².